The third-order valence-electron chi connectivity index (χ3n) is 6.52. The SMILES string of the molecule is CCc1cccc(CCCN(CN)c2cnc(-c3ccc(F)cc3)cc2Cn2cnc3c(N)ncnc32)n1. The standard InChI is InChI=1S/C28H30FN9/c1-2-22-5-3-6-23(36-22)7-4-12-37(16-30)25-14-32-24(19-8-10-21(29)11-9-19)13-20(25)15-38-18-35-26-27(31)33-17-34-28(26)38/h3,5-6,8-11,13-14,17-18H,2,4,7,12,15-16,30H2,1H3,(H2,31,33,34). The molecule has 194 valence electrons. The Hall–Kier alpha value is -4.44. The van der Waals surface area contributed by atoms with E-state index in [1.807, 2.05) is 16.8 Å². The van der Waals surface area contributed by atoms with Crippen LogP contribution in [-0.4, -0.2) is 42.7 Å². The average molecular weight is 512 g/mol. The molecule has 4 aromatic heterocycles. The topological polar surface area (TPSA) is 125 Å². The third kappa shape index (κ3) is 5.45. The predicted molar refractivity (Wildman–Crippen MR) is 147 cm³/mol. The lowest BCUT2D eigenvalue weighted by molar-refractivity contribution is 0.628. The van der Waals surface area contributed by atoms with Crippen LogP contribution in [0.15, 0.2) is 67.4 Å². The number of rotatable bonds is 10. The molecule has 10 heteroatoms. The van der Waals surface area contributed by atoms with Gasteiger partial charge in [0.15, 0.2) is 11.5 Å². The monoisotopic (exact) mass is 511 g/mol. The molecule has 9 nitrogen and oxygen atoms in total. The first kappa shape index (κ1) is 25.2. The first-order valence-electron chi connectivity index (χ1n) is 12.6. The lowest BCUT2D eigenvalue weighted by Crippen LogP contribution is -2.32. The number of hydrogen-bond donors (Lipinski definition) is 2. The van der Waals surface area contributed by atoms with Gasteiger partial charge in [0, 0.05) is 23.5 Å². The lowest BCUT2D eigenvalue weighted by Gasteiger charge is -2.26. The van der Waals surface area contributed by atoms with E-state index in [1.54, 1.807) is 18.5 Å². The van der Waals surface area contributed by atoms with Gasteiger partial charge in [0.2, 0.25) is 0 Å². The van der Waals surface area contributed by atoms with E-state index in [-0.39, 0.29) is 5.82 Å². The molecule has 0 unspecified atom stereocenters. The molecule has 0 fully saturated rings. The number of hydrogen-bond acceptors (Lipinski definition) is 8. The zero-order valence-corrected chi connectivity index (χ0v) is 21.3. The smallest absolute Gasteiger partial charge is 0.165 e. The molecule has 0 aliphatic rings. The number of nitrogen functional groups attached to an aromatic ring is 1. The van der Waals surface area contributed by atoms with Crippen LogP contribution in [0.5, 0.6) is 0 Å². The maximum absolute atomic E-state index is 13.5. The van der Waals surface area contributed by atoms with Gasteiger partial charge in [-0.3, -0.25) is 9.97 Å². The van der Waals surface area contributed by atoms with Crippen LogP contribution in [0.4, 0.5) is 15.9 Å². The highest BCUT2D eigenvalue weighted by atomic mass is 19.1. The van der Waals surface area contributed by atoms with E-state index in [2.05, 4.69) is 45.0 Å². The summed E-state index contributed by atoms with van der Waals surface area (Å²) in [5, 5.41) is 0. The van der Waals surface area contributed by atoms with Crippen LogP contribution < -0.4 is 16.4 Å². The van der Waals surface area contributed by atoms with Crippen LogP contribution in [0, 0.1) is 5.82 Å². The molecule has 1 aromatic carbocycles. The largest absolute Gasteiger partial charge is 0.382 e. The number of nitrogens with zero attached hydrogens (tertiary/aromatic N) is 7. The maximum atomic E-state index is 13.5. The second-order valence-electron chi connectivity index (χ2n) is 9.03. The Morgan fingerprint density at radius 1 is 1.00 bits per heavy atom. The van der Waals surface area contributed by atoms with Crippen molar-refractivity contribution >= 4 is 22.7 Å². The van der Waals surface area contributed by atoms with Crippen LogP contribution in [0.25, 0.3) is 22.4 Å². The first-order valence-corrected chi connectivity index (χ1v) is 12.6. The van der Waals surface area contributed by atoms with E-state index >= 15 is 0 Å². The van der Waals surface area contributed by atoms with Crippen LogP contribution in [0.3, 0.4) is 0 Å². The van der Waals surface area contributed by atoms with Crippen LogP contribution in [0.1, 0.15) is 30.3 Å². The third-order valence-corrected chi connectivity index (χ3v) is 6.52. The molecule has 0 aliphatic carbocycles. The number of pyridine rings is 2. The van der Waals surface area contributed by atoms with E-state index < -0.39 is 0 Å². The van der Waals surface area contributed by atoms with Crippen molar-refractivity contribution in [2.75, 3.05) is 23.8 Å². The average Bonchev–Trinajstić information content (AvgIpc) is 3.36. The quantitative estimate of drug-likeness (QED) is 0.270. The van der Waals surface area contributed by atoms with Crippen molar-refractivity contribution in [2.45, 2.75) is 32.7 Å². The Labute approximate surface area is 220 Å². The molecule has 0 aliphatic heterocycles. The molecular weight excluding hydrogens is 481 g/mol. The predicted octanol–water partition coefficient (Wildman–Crippen LogP) is 3.97. The molecule has 0 bridgehead atoms. The summed E-state index contributed by atoms with van der Waals surface area (Å²) in [5.41, 5.74) is 19.1. The van der Waals surface area contributed by atoms with Crippen LogP contribution in [0.2, 0.25) is 0 Å². The molecule has 0 spiro atoms. The summed E-state index contributed by atoms with van der Waals surface area (Å²) in [6.07, 6.45) is 7.62. The zero-order chi connectivity index (χ0) is 26.5. The van der Waals surface area contributed by atoms with E-state index in [4.69, 9.17) is 21.4 Å². The molecule has 4 heterocycles. The van der Waals surface area contributed by atoms with E-state index in [9.17, 15) is 4.39 Å². The highest BCUT2D eigenvalue weighted by Gasteiger charge is 2.16. The van der Waals surface area contributed by atoms with Crippen molar-refractivity contribution in [1.82, 2.24) is 29.5 Å². The minimum absolute atomic E-state index is 0.291. The van der Waals surface area contributed by atoms with E-state index in [0.717, 1.165) is 59.7 Å². The Morgan fingerprint density at radius 2 is 1.82 bits per heavy atom. The molecule has 5 rings (SSSR count). The minimum Gasteiger partial charge on any atom is -0.382 e. The van der Waals surface area contributed by atoms with Gasteiger partial charge in [-0.05, 0) is 67.3 Å². The summed E-state index contributed by atoms with van der Waals surface area (Å²) in [7, 11) is 0. The highest BCUT2D eigenvalue weighted by molar-refractivity contribution is 5.81. The fourth-order valence-electron chi connectivity index (χ4n) is 4.50. The fourth-order valence-corrected chi connectivity index (χ4v) is 4.50. The van der Waals surface area contributed by atoms with Gasteiger partial charge in [0.05, 0.1) is 37.1 Å². The highest BCUT2D eigenvalue weighted by Crippen LogP contribution is 2.28. The Balaban J connectivity index is 1.45. The Morgan fingerprint density at radius 3 is 2.61 bits per heavy atom. The molecule has 0 saturated carbocycles. The number of imidazole rings is 1. The second kappa shape index (κ2) is 11.3. The number of fused-ring (bicyclic) bond motifs is 1. The number of nitrogens with two attached hydrogens (primary N) is 2. The molecule has 4 N–H and O–H groups in total. The number of aromatic nitrogens is 6. The maximum Gasteiger partial charge on any atom is 0.165 e. The van der Waals surface area contributed by atoms with Crippen molar-refractivity contribution < 1.29 is 4.39 Å². The van der Waals surface area contributed by atoms with Crippen molar-refractivity contribution in [2.24, 2.45) is 5.73 Å². The summed E-state index contributed by atoms with van der Waals surface area (Å²) < 4.78 is 15.5. The van der Waals surface area contributed by atoms with Crippen molar-refractivity contribution in [1.29, 1.82) is 0 Å². The van der Waals surface area contributed by atoms with Gasteiger partial charge in [-0.2, -0.15) is 0 Å². The Kier molecular flexibility index (Phi) is 7.50. The second-order valence-corrected chi connectivity index (χ2v) is 9.03. The van der Waals surface area contributed by atoms with Gasteiger partial charge in [-0.15, -0.1) is 0 Å². The van der Waals surface area contributed by atoms with E-state index in [0.29, 0.717) is 30.2 Å². The zero-order valence-electron chi connectivity index (χ0n) is 21.3. The summed E-state index contributed by atoms with van der Waals surface area (Å²) in [6, 6.07) is 14.5. The van der Waals surface area contributed by atoms with Crippen molar-refractivity contribution in [3.63, 3.8) is 0 Å². The number of anilines is 2. The number of halogens is 1. The van der Waals surface area contributed by atoms with E-state index in [1.165, 1.54) is 18.5 Å². The molecule has 0 saturated heterocycles. The minimum atomic E-state index is -0.291. The van der Waals surface area contributed by atoms with Gasteiger partial charge in [0.1, 0.15) is 17.7 Å². The van der Waals surface area contributed by atoms with Crippen LogP contribution >= 0.6 is 0 Å². The molecule has 0 radical (unpaired) electrons. The molecule has 5 aromatic rings. The molecule has 0 atom stereocenters. The van der Waals surface area contributed by atoms with Gasteiger partial charge in [-0.25, -0.2) is 19.3 Å². The van der Waals surface area contributed by atoms with Crippen molar-refractivity contribution in [3.8, 4) is 11.3 Å². The number of benzene rings is 1. The molecule has 38 heavy (non-hydrogen) atoms. The van der Waals surface area contributed by atoms with Gasteiger partial charge in [0.25, 0.3) is 0 Å². The molecule has 0 amide bonds. The van der Waals surface area contributed by atoms with Crippen LogP contribution in [-0.2, 0) is 19.4 Å². The van der Waals surface area contributed by atoms with Crippen molar-refractivity contribution in [3.05, 3.63) is 90.2 Å². The summed E-state index contributed by atoms with van der Waals surface area (Å²) in [6.45, 7) is 3.64. The van der Waals surface area contributed by atoms with Gasteiger partial charge < -0.3 is 20.9 Å². The summed E-state index contributed by atoms with van der Waals surface area (Å²) >= 11 is 0. The first-order chi connectivity index (χ1) is 18.6. The number of aryl methyl sites for hydroxylation is 2. The normalized spacial score (nSPS) is 11.2. The summed E-state index contributed by atoms with van der Waals surface area (Å²) in [5.74, 6) is 0.0426. The fraction of sp³-hybridized carbons (Fsp3) is 0.250. The van der Waals surface area contributed by atoms with Gasteiger partial charge in [-0.1, -0.05) is 13.0 Å². The summed E-state index contributed by atoms with van der Waals surface area (Å²) in [4.78, 5) is 24.4. The lowest BCUT2D eigenvalue weighted by atomic mass is 10.1. The molecular formula is C28H30FN9. The van der Waals surface area contributed by atoms with Gasteiger partial charge >= 0.3 is 0 Å². The Bertz CT molecular complexity index is 1530.